The van der Waals surface area contributed by atoms with E-state index in [-0.39, 0.29) is 10.9 Å². The minimum absolute atomic E-state index is 0.343. The van der Waals surface area contributed by atoms with Crippen LogP contribution in [-0.4, -0.2) is 37.6 Å². The van der Waals surface area contributed by atoms with Crippen molar-refractivity contribution in [1.29, 1.82) is 0 Å². The van der Waals surface area contributed by atoms with E-state index in [1.54, 1.807) is 0 Å². The largest absolute Gasteiger partial charge is 0.344 e. The molecule has 84 valence electrons. The summed E-state index contributed by atoms with van der Waals surface area (Å²) >= 11 is 0.630. The van der Waals surface area contributed by atoms with Gasteiger partial charge in [0.1, 0.15) is 5.40 Å². The van der Waals surface area contributed by atoms with E-state index >= 15 is 0 Å². The maximum Gasteiger partial charge on any atom is 0.339 e. The van der Waals surface area contributed by atoms with Gasteiger partial charge in [0.05, 0.1) is 0 Å². The Morgan fingerprint density at radius 3 is 2.00 bits per heavy atom. The highest BCUT2D eigenvalue weighted by atomic mass is 32.2. The average molecular weight is 262 g/mol. The van der Waals surface area contributed by atoms with E-state index in [1.165, 1.54) is 6.92 Å². The lowest BCUT2D eigenvalue weighted by Gasteiger charge is -2.19. The standard InChI is InChI=1S/C5H12O6P2S/c1-4(6)14-3-5(12(2,7)8)13(9,10)11/h5H,3H2,1-2H3,(H,7,8)(H2,9,10,11). The predicted molar refractivity (Wildman–Crippen MR) is 54.7 cm³/mol. The summed E-state index contributed by atoms with van der Waals surface area (Å²) < 4.78 is 21.9. The van der Waals surface area contributed by atoms with Gasteiger partial charge in [-0.2, -0.15) is 0 Å². The van der Waals surface area contributed by atoms with Crippen LogP contribution in [0.4, 0.5) is 0 Å². The number of carbonyl (C=O) groups excluding carboxylic acids is 1. The monoisotopic (exact) mass is 262 g/mol. The van der Waals surface area contributed by atoms with Crippen LogP contribution in [0, 0.1) is 0 Å². The van der Waals surface area contributed by atoms with Crippen LogP contribution >= 0.6 is 26.7 Å². The molecule has 0 aliphatic heterocycles. The summed E-state index contributed by atoms with van der Waals surface area (Å²) in [5, 5.41) is -2.01. The number of rotatable bonds is 4. The minimum atomic E-state index is -4.64. The fraction of sp³-hybridized carbons (Fsp3) is 0.800. The zero-order valence-corrected chi connectivity index (χ0v) is 10.3. The van der Waals surface area contributed by atoms with Crippen molar-refractivity contribution in [3.63, 3.8) is 0 Å². The van der Waals surface area contributed by atoms with Crippen molar-refractivity contribution in [2.75, 3.05) is 12.4 Å². The molecular weight excluding hydrogens is 250 g/mol. The summed E-state index contributed by atoms with van der Waals surface area (Å²) in [4.78, 5) is 37.2. The van der Waals surface area contributed by atoms with Crippen molar-refractivity contribution in [2.45, 2.75) is 12.3 Å². The van der Waals surface area contributed by atoms with E-state index in [1.807, 2.05) is 0 Å². The molecule has 0 bridgehead atoms. The maximum atomic E-state index is 11.1. The van der Waals surface area contributed by atoms with Crippen LogP contribution in [0.3, 0.4) is 0 Å². The van der Waals surface area contributed by atoms with E-state index in [0.717, 1.165) is 6.66 Å². The SMILES string of the molecule is CC(=O)SCC(P(C)(=O)O)P(=O)(O)O. The highest BCUT2D eigenvalue weighted by Gasteiger charge is 2.40. The van der Waals surface area contributed by atoms with Gasteiger partial charge in [-0.15, -0.1) is 0 Å². The third kappa shape index (κ3) is 5.29. The van der Waals surface area contributed by atoms with Gasteiger partial charge >= 0.3 is 7.60 Å². The lowest BCUT2D eigenvalue weighted by molar-refractivity contribution is -0.109. The van der Waals surface area contributed by atoms with E-state index in [0.29, 0.717) is 11.8 Å². The van der Waals surface area contributed by atoms with Gasteiger partial charge in [0.2, 0.25) is 7.37 Å². The molecule has 9 heteroatoms. The van der Waals surface area contributed by atoms with Gasteiger partial charge in [-0.1, -0.05) is 11.8 Å². The molecule has 2 atom stereocenters. The first-order chi connectivity index (χ1) is 6.05. The second-order valence-corrected chi connectivity index (χ2v) is 8.73. The topological polar surface area (TPSA) is 112 Å². The van der Waals surface area contributed by atoms with Crippen LogP contribution in [0.1, 0.15) is 6.92 Å². The molecule has 0 rings (SSSR count). The Labute approximate surface area is 85.7 Å². The fourth-order valence-electron chi connectivity index (χ4n) is 0.706. The summed E-state index contributed by atoms with van der Waals surface area (Å²) in [6.07, 6.45) is 0. The molecule has 0 fully saturated rings. The van der Waals surface area contributed by atoms with Crippen molar-refractivity contribution in [3.05, 3.63) is 0 Å². The molecule has 2 unspecified atom stereocenters. The summed E-state index contributed by atoms with van der Waals surface area (Å²) in [5.41, 5.74) is 0. The quantitative estimate of drug-likeness (QED) is 0.638. The number of hydrogen-bond acceptors (Lipinski definition) is 4. The Morgan fingerprint density at radius 1 is 1.36 bits per heavy atom. The Morgan fingerprint density at radius 2 is 1.79 bits per heavy atom. The fourth-order valence-corrected chi connectivity index (χ4v) is 5.65. The van der Waals surface area contributed by atoms with Crippen LogP contribution in [-0.2, 0) is 13.9 Å². The zero-order chi connectivity index (χ0) is 11.6. The molecule has 0 aromatic rings. The Bertz CT molecular complexity index is 281. The molecule has 0 aliphatic carbocycles. The Hall–Kier alpha value is 0.360. The highest BCUT2D eigenvalue weighted by Crippen LogP contribution is 2.60. The van der Waals surface area contributed by atoms with Crippen LogP contribution in [0.5, 0.6) is 0 Å². The predicted octanol–water partition coefficient (Wildman–Crippen LogP) is 0.670. The van der Waals surface area contributed by atoms with Gasteiger partial charge in [-0.3, -0.25) is 13.9 Å². The van der Waals surface area contributed by atoms with Crippen molar-refractivity contribution >= 4 is 31.8 Å². The highest BCUT2D eigenvalue weighted by molar-refractivity contribution is 8.14. The summed E-state index contributed by atoms with van der Waals surface area (Å²) in [6.45, 7) is 2.09. The molecule has 0 aromatic heterocycles. The summed E-state index contributed by atoms with van der Waals surface area (Å²) in [6, 6.07) is 0. The zero-order valence-electron chi connectivity index (χ0n) is 7.65. The van der Waals surface area contributed by atoms with Crippen molar-refractivity contribution < 1.29 is 28.6 Å². The average Bonchev–Trinajstić information content (AvgIpc) is 1.78. The minimum Gasteiger partial charge on any atom is -0.344 e. The van der Waals surface area contributed by atoms with E-state index in [4.69, 9.17) is 14.7 Å². The summed E-state index contributed by atoms with van der Waals surface area (Å²) in [7, 11) is -8.53. The Kier molecular flexibility index (Phi) is 5.05. The molecule has 0 amide bonds. The number of hydrogen-bond donors (Lipinski definition) is 3. The van der Waals surface area contributed by atoms with Gasteiger partial charge < -0.3 is 14.7 Å². The van der Waals surface area contributed by atoms with Crippen molar-refractivity contribution in [3.8, 4) is 0 Å². The third-order valence-electron chi connectivity index (χ3n) is 1.38. The van der Waals surface area contributed by atoms with E-state index in [9.17, 15) is 13.9 Å². The molecular formula is C5H12O6P2S. The third-order valence-corrected chi connectivity index (χ3v) is 7.21. The molecule has 6 nitrogen and oxygen atoms in total. The van der Waals surface area contributed by atoms with Crippen LogP contribution in [0.2, 0.25) is 0 Å². The van der Waals surface area contributed by atoms with Gasteiger partial charge in [0.25, 0.3) is 0 Å². The second kappa shape index (κ2) is 4.92. The van der Waals surface area contributed by atoms with E-state index in [2.05, 4.69) is 0 Å². The molecule has 0 saturated heterocycles. The van der Waals surface area contributed by atoms with E-state index < -0.39 is 20.4 Å². The molecule has 0 saturated carbocycles. The van der Waals surface area contributed by atoms with Gasteiger partial charge in [0, 0.05) is 19.3 Å². The van der Waals surface area contributed by atoms with Crippen molar-refractivity contribution in [2.24, 2.45) is 0 Å². The normalized spacial score (nSPS) is 18.6. The van der Waals surface area contributed by atoms with Crippen LogP contribution < -0.4 is 0 Å². The lowest BCUT2D eigenvalue weighted by Crippen LogP contribution is -2.12. The van der Waals surface area contributed by atoms with Gasteiger partial charge in [-0.25, -0.2) is 0 Å². The molecule has 0 aliphatic rings. The first-order valence-electron chi connectivity index (χ1n) is 3.53. The molecule has 0 radical (unpaired) electrons. The second-order valence-electron chi connectivity index (χ2n) is 2.82. The van der Waals surface area contributed by atoms with Gasteiger partial charge in [-0.05, 0) is 0 Å². The van der Waals surface area contributed by atoms with Crippen molar-refractivity contribution in [1.82, 2.24) is 0 Å². The molecule has 0 aromatic carbocycles. The van der Waals surface area contributed by atoms with Crippen LogP contribution in [0.15, 0.2) is 0 Å². The molecule has 0 spiro atoms. The number of thioether (sulfide) groups is 1. The molecule has 3 N–H and O–H groups in total. The summed E-state index contributed by atoms with van der Waals surface area (Å²) in [5.74, 6) is -0.343. The van der Waals surface area contributed by atoms with Crippen LogP contribution in [0.25, 0.3) is 0 Å². The first-order valence-corrected chi connectivity index (χ1v) is 8.38. The first kappa shape index (κ1) is 14.4. The maximum absolute atomic E-state index is 11.1. The molecule has 0 heterocycles. The lowest BCUT2D eigenvalue weighted by atomic mass is 10.9. The Balaban J connectivity index is 4.69. The molecule has 14 heavy (non-hydrogen) atoms. The van der Waals surface area contributed by atoms with Gasteiger partial charge in [0.15, 0.2) is 5.12 Å². The number of carbonyl (C=O) groups is 1. The smallest absolute Gasteiger partial charge is 0.339 e.